The van der Waals surface area contributed by atoms with Gasteiger partial charge >= 0.3 is 5.97 Å². The van der Waals surface area contributed by atoms with E-state index >= 15 is 0 Å². The molecular formula is C14H15ClN2O5. The third-order valence-electron chi connectivity index (χ3n) is 3.63. The van der Waals surface area contributed by atoms with Crippen LogP contribution in [-0.2, 0) is 9.53 Å². The molecule has 0 saturated carbocycles. The predicted octanol–water partition coefficient (Wildman–Crippen LogP) is 2.42. The van der Waals surface area contributed by atoms with E-state index in [1.54, 1.807) is 0 Å². The van der Waals surface area contributed by atoms with E-state index in [1.807, 2.05) is 0 Å². The summed E-state index contributed by atoms with van der Waals surface area (Å²) in [7, 11) is 1.28. The van der Waals surface area contributed by atoms with Gasteiger partial charge in [-0.15, -0.1) is 0 Å². The number of methoxy groups -OCH3 is 1. The van der Waals surface area contributed by atoms with E-state index in [-0.39, 0.29) is 16.3 Å². The molecule has 7 nitrogen and oxygen atoms in total. The molecule has 0 unspecified atom stereocenters. The molecule has 0 bridgehead atoms. The average molecular weight is 327 g/mol. The van der Waals surface area contributed by atoms with Gasteiger partial charge in [0.05, 0.1) is 22.6 Å². The lowest BCUT2D eigenvalue weighted by Crippen LogP contribution is -2.48. The average Bonchev–Trinajstić information content (AvgIpc) is 2.53. The van der Waals surface area contributed by atoms with Crippen LogP contribution in [0.5, 0.6) is 0 Å². The minimum atomic E-state index is -0.641. The maximum atomic E-state index is 12.6. The summed E-state index contributed by atoms with van der Waals surface area (Å²) in [6, 6.07) is 3.02. The summed E-state index contributed by atoms with van der Waals surface area (Å²) in [6.07, 6.45) is 2.14. The zero-order valence-corrected chi connectivity index (χ0v) is 12.7. The number of halogens is 1. The molecule has 0 aliphatic carbocycles. The number of likely N-dealkylation sites (tertiary alicyclic amines) is 1. The van der Waals surface area contributed by atoms with Crippen LogP contribution in [0.3, 0.4) is 0 Å². The number of ether oxygens (including phenoxy) is 1. The number of nitro benzene ring substituents is 1. The van der Waals surface area contributed by atoms with Crippen LogP contribution in [0.25, 0.3) is 0 Å². The Kier molecular flexibility index (Phi) is 4.97. The molecule has 1 heterocycles. The number of nitrogens with zero attached hydrogens (tertiary/aromatic N) is 2. The molecule has 0 aromatic heterocycles. The van der Waals surface area contributed by atoms with Crippen LogP contribution in [0, 0.1) is 10.1 Å². The Morgan fingerprint density at radius 1 is 1.41 bits per heavy atom. The summed E-state index contributed by atoms with van der Waals surface area (Å²) in [4.78, 5) is 35.9. The van der Waals surface area contributed by atoms with E-state index in [4.69, 9.17) is 16.3 Å². The Hall–Kier alpha value is -2.15. The Bertz CT molecular complexity index is 619. The summed E-state index contributed by atoms with van der Waals surface area (Å²) in [6.45, 7) is 0.423. The number of hydrogen-bond acceptors (Lipinski definition) is 5. The molecule has 1 aliphatic heterocycles. The van der Waals surface area contributed by atoms with Gasteiger partial charge in [-0.2, -0.15) is 0 Å². The van der Waals surface area contributed by atoms with Crippen molar-refractivity contribution in [3.05, 3.63) is 38.9 Å². The van der Waals surface area contributed by atoms with Crippen molar-refractivity contribution in [2.45, 2.75) is 25.3 Å². The van der Waals surface area contributed by atoms with Gasteiger partial charge in [-0.25, -0.2) is 4.79 Å². The van der Waals surface area contributed by atoms with Crippen LogP contribution in [0.15, 0.2) is 18.2 Å². The standard InChI is InChI=1S/C14H15ClN2O5/c1-22-14(19)12-4-2-3-7-16(12)13(18)10-6-5-9(17(20)21)8-11(10)15/h5-6,8,12H,2-4,7H2,1H3/t12-/m0/s1. The molecule has 1 saturated heterocycles. The van der Waals surface area contributed by atoms with Crippen molar-refractivity contribution in [2.75, 3.05) is 13.7 Å². The number of hydrogen-bond donors (Lipinski definition) is 0. The van der Waals surface area contributed by atoms with Crippen LogP contribution < -0.4 is 0 Å². The molecule has 1 amide bonds. The highest BCUT2D eigenvalue weighted by Crippen LogP contribution is 2.27. The van der Waals surface area contributed by atoms with Gasteiger partial charge in [0.1, 0.15) is 6.04 Å². The Balaban J connectivity index is 2.29. The number of amides is 1. The van der Waals surface area contributed by atoms with Crippen molar-refractivity contribution in [1.82, 2.24) is 4.90 Å². The molecule has 118 valence electrons. The van der Waals surface area contributed by atoms with Crippen molar-refractivity contribution in [1.29, 1.82) is 0 Å². The molecule has 22 heavy (non-hydrogen) atoms. The molecule has 1 aliphatic rings. The molecule has 1 atom stereocenters. The molecule has 0 spiro atoms. The summed E-state index contributed by atoms with van der Waals surface area (Å²) in [5, 5.41) is 10.7. The number of nitro groups is 1. The van der Waals surface area contributed by atoms with Crippen LogP contribution in [-0.4, -0.2) is 41.4 Å². The van der Waals surface area contributed by atoms with Crippen LogP contribution in [0.1, 0.15) is 29.6 Å². The fourth-order valence-corrected chi connectivity index (χ4v) is 2.76. The van der Waals surface area contributed by atoms with E-state index in [2.05, 4.69) is 0 Å². The van der Waals surface area contributed by atoms with Gasteiger partial charge in [0, 0.05) is 18.7 Å². The lowest BCUT2D eigenvalue weighted by atomic mass is 10.0. The molecule has 1 aromatic rings. The topological polar surface area (TPSA) is 89.8 Å². The third kappa shape index (κ3) is 3.19. The maximum absolute atomic E-state index is 12.6. The van der Waals surface area contributed by atoms with Gasteiger partial charge in [0.25, 0.3) is 11.6 Å². The van der Waals surface area contributed by atoms with Gasteiger partial charge in [-0.05, 0) is 25.3 Å². The fourth-order valence-electron chi connectivity index (χ4n) is 2.50. The number of carbonyl (C=O) groups is 2. The number of piperidine rings is 1. The number of non-ortho nitro benzene ring substituents is 1. The van der Waals surface area contributed by atoms with E-state index < -0.39 is 22.8 Å². The number of esters is 1. The Morgan fingerprint density at radius 3 is 2.73 bits per heavy atom. The SMILES string of the molecule is COC(=O)[C@@H]1CCCCN1C(=O)c1ccc([N+](=O)[O-])cc1Cl. The zero-order valence-electron chi connectivity index (χ0n) is 12.0. The molecule has 0 radical (unpaired) electrons. The van der Waals surface area contributed by atoms with Gasteiger partial charge in [-0.1, -0.05) is 11.6 Å². The third-order valence-corrected chi connectivity index (χ3v) is 3.94. The highest BCUT2D eigenvalue weighted by molar-refractivity contribution is 6.34. The van der Waals surface area contributed by atoms with Crippen molar-refractivity contribution in [3.8, 4) is 0 Å². The normalized spacial score (nSPS) is 17.9. The lowest BCUT2D eigenvalue weighted by molar-refractivity contribution is -0.384. The first-order valence-corrected chi connectivity index (χ1v) is 7.16. The quantitative estimate of drug-likeness (QED) is 0.483. The fraction of sp³-hybridized carbons (Fsp3) is 0.429. The summed E-state index contributed by atoms with van der Waals surface area (Å²) >= 11 is 5.98. The number of rotatable bonds is 3. The van der Waals surface area contributed by atoms with E-state index in [9.17, 15) is 19.7 Å². The molecule has 1 aromatic carbocycles. The molecule has 8 heteroatoms. The number of carbonyl (C=O) groups excluding carboxylic acids is 2. The lowest BCUT2D eigenvalue weighted by Gasteiger charge is -2.33. The smallest absolute Gasteiger partial charge is 0.328 e. The minimum Gasteiger partial charge on any atom is -0.467 e. The highest BCUT2D eigenvalue weighted by Gasteiger charge is 2.34. The predicted molar refractivity (Wildman–Crippen MR) is 78.8 cm³/mol. The maximum Gasteiger partial charge on any atom is 0.328 e. The van der Waals surface area contributed by atoms with Gasteiger partial charge in [-0.3, -0.25) is 14.9 Å². The monoisotopic (exact) mass is 326 g/mol. The molecule has 2 rings (SSSR count). The van der Waals surface area contributed by atoms with Crippen LogP contribution in [0.2, 0.25) is 5.02 Å². The first-order valence-electron chi connectivity index (χ1n) is 6.78. The summed E-state index contributed by atoms with van der Waals surface area (Å²) in [5.74, 6) is -0.888. The Morgan fingerprint density at radius 2 is 2.14 bits per heavy atom. The molecular weight excluding hydrogens is 312 g/mol. The van der Waals surface area contributed by atoms with Crippen molar-refractivity contribution in [2.24, 2.45) is 0 Å². The van der Waals surface area contributed by atoms with E-state index in [0.29, 0.717) is 13.0 Å². The highest BCUT2D eigenvalue weighted by atomic mass is 35.5. The first kappa shape index (κ1) is 16.2. The first-order chi connectivity index (χ1) is 10.5. The van der Waals surface area contributed by atoms with Crippen LogP contribution >= 0.6 is 11.6 Å². The second-order valence-corrected chi connectivity index (χ2v) is 5.36. The summed E-state index contributed by atoms with van der Waals surface area (Å²) in [5.41, 5.74) is -0.0484. The second-order valence-electron chi connectivity index (χ2n) is 4.95. The van der Waals surface area contributed by atoms with Crippen LogP contribution in [0.4, 0.5) is 5.69 Å². The van der Waals surface area contributed by atoms with Gasteiger partial charge in [0.15, 0.2) is 0 Å². The van der Waals surface area contributed by atoms with Crippen molar-refractivity contribution in [3.63, 3.8) is 0 Å². The van der Waals surface area contributed by atoms with Crippen molar-refractivity contribution < 1.29 is 19.2 Å². The second kappa shape index (κ2) is 6.74. The number of benzene rings is 1. The van der Waals surface area contributed by atoms with E-state index in [0.717, 1.165) is 18.9 Å². The molecule has 0 N–H and O–H groups in total. The zero-order chi connectivity index (χ0) is 16.3. The van der Waals surface area contributed by atoms with Gasteiger partial charge in [0.2, 0.25) is 0 Å². The molecule has 1 fully saturated rings. The Labute approximate surface area is 131 Å². The van der Waals surface area contributed by atoms with E-state index in [1.165, 1.54) is 24.1 Å². The minimum absolute atomic E-state index is 0.00612. The van der Waals surface area contributed by atoms with Gasteiger partial charge < -0.3 is 9.64 Å². The van der Waals surface area contributed by atoms with Crippen molar-refractivity contribution >= 4 is 29.2 Å². The largest absolute Gasteiger partial charge is 0.467 e. The summed E-state index contributed by atoms with van der Waals surface area (Å²) < 4.78 is 4.73.